The Morgan fingerprint density at radius 2 is 2.03 bits per heavy atom. The van der Waals surface area contributed by atoms with Gasteiger partial charge in [0.1, 0.15) is 15.8 Å². The smallest absolute Gasteiger partial charge is 0.401 e. The van der Waals surface area contributed by atoms with Crippen LogP contribution in [0, 0.1) is 11.2 Å². The van der Waals surface area contributed by atoms with Crippen molar-refractivity contribution < 1.29 is 27.4 Å². The molecular weight excluding hydrogens is 626 g/mol. The number of carbonyl (C=O) groups is 1. The Bertz CT molecular complexity index is 1070. The number of benzene rings is 1. The molecule has 1 aliphatic rings. The Morgan fingerprint density at radius 3 is 2.62 bits per heavy atom. The molecule has 0 bridgehead atoms. The Hall–Kier alpha value is -1.40. The van der Waals surface area contributed by atoms with E-state index < -0.39 is 24.7 Å². The summed E-state index contributed by atoms with van der Waals surface area (Å²) in [6, 6.07) is 4.37. The van der Waals surface area contributed by atoms with Crippen molar-refractivity contribution in [2.75, 3.05) is 38.8 Å². The van der Waals surface area contributed by atoms with E-state index in [9.17, 15) is 18.0 Å². The average molecular weight is 646 g/mol. The number of likely N-dealkylation sites (tertiary alicyclic amines) is 1. The van der Waals surface area contributed by atoms with Gasteiger partial charge in [0.2, 0.25) is 0 Å². The van der Waals surface area contributed by atoms with Crippen molar-refractivity contribution in [2.45, 2.75) is 25.1 Å². The van der Waals surface area contributed by atoms with E-state index in [0.717, 1.165) is 11.3 Å². The molecule has 1 amide bonds. The Balaban J connectivity index is 2.04. The van der Waals surface area contributed by atoms with Crippen molar-refractivity contribution in [3.05, 3.63) is 33.2 Å². The number of alkyl halides is 3. The largest absolute Gasteiger partial charge is 0.497 e. The number of ether oxygens (including phenoxy) is 2. The first-order chi connectivity index (χ1) is 16.1. The molecule has 0 aliphatic carbocycles. The van der Waals surface area contributed by atoms with Gasteiger partial charge in [-0.25, -0.2) is 4.98 Å². The zero-order valence-electron chi connectivity index (χ0n) is 18.1. The van der Waals surface area contributed by atoms with Gasteiger partial charge in [0.25, 0.3) is 5.91 Å². The minimum Gasteiger partial charge on any atom is -0.497 e. The Morgan fingerprint density at radius 1 is 1.35 bits per heavy atom. The summed E-state index contributed by atoms with van der Waals surface area (Å²) < 4.78 is 50.1. The van der Waals surface area contributed by atoms with Crippen LogP contribution < -0.4 is 14.4 Å². The first-order valence-corrected chi connectivity index (χ1v) is 14.5. The summed E-state index contributed by atoms with van der Waals surface area (Å²) in [6.45, 7) is -0.701. The van der Waals surface area contributed by atoms with Gasteiger partial charge in [0, 0.05) is 45.9 Å². The zero-order valence-corrected chi connectivity index (χ0v) is 22.7. The van der Waals surface area contributed by atoms with Gasteiger partial charge in [-0.3, -0.25) is 9.69 Å². The van der Waals surface area contributed by atoms with Gasteiger partial charge in [-0.05, 0) is 39.5 Å². The van der Waals surface area contributed by atoms with Crippen LogP contribution >= 0.6 is 53.1 Å². The van der Waals surface area contributed by atoms with Gasteiger partial charge in [0.05, 0.1) is 32.5 Å². The summed E-state index contributed by atoms with van der Waals surface area (Å²) in [5.74, 6) is 3.17. The van der Waals surface area contributed by atoms with Crippen molar-refractivity contribution in [3.63, 3.8) is 0 Å². The maximum absolute atomic E-state index is 13.8. The maximum Gasteiger partial charge on any atom is 0.401 e. The number of anilines is 1. The molecule has 2 aromatic rings. The quantitative estimate of drug-likeness (QED) is 0.289. The van der Waals surface area contributed by atoms with Crippen LogP contribution in [0.3, 0.4) is 0 Å². The van der Waals surface area contributed by atoms with Crippen LogP contribution in [0.1, 0.15) is 28.3 Å². The molecule has 1 aromatic heterocycles. The number of rotatable bonds is 6. The predicted octanol–water partition coefficient (Wildman–Crippen LogP) is 5.88. The second-order valence-electron chi connectivity index (χ2n) is 7.34. The monoisotopic (exact) mass is 645 g/mol. The summed E-state index contributed by atoms with van der Waals surface area (Å²) in [5.41, 5.74) is 0.420. The Kier molecular flexibility index (Phi) is 9.62. The van der Waals surface area contributed by atoms with E-state index in [-0.39, 0.29) is 16.6 Å². The molecule has 0 radical (unpaired) electrons. The second kappa shape index (κ2) is 12.0. The maximum atomic E-state index is 13.8. The van der Waals surface area contributed by atoms with Crippen molar-refractivity contribution >= 4 is 64.7 Å². The molecular formula is C21H20ClF3IN3O3S2. The molecule has 3 rings (SSSR count). The number of amides is 1. The van der Waals surface area contributed by atoms with Gasteiger partial charge in [0.15, 0.2) is 10.7 Å². The molecule has 13 heteroatoms. The highest BCUT2D eigenvalue weighted by molar-refractivity contribution is 14.2. The lowest BCUT2D eigenvalue weighted by Gasteiger charge is -2.39. The first-order valence-electron chi connectivity index (χ1n) is 9.95. The number of thiazole rings is 1. The van der Waals surface area contributed by atoms with Crippen LogP contribution in [-0.4, -0.2) is 61.9 Å². The number of halogens is 5. The average Bonchev–Trinajstić information content (AvgIpc) is 3.17. The number of hydrogen-bond acceptors (Lipinski definition) is 7. The minimum absolute atomic E-state index is 0.00385. The third-order valence-corrected chi connectivity index (χ3v) is 7.08. The lowest BCUT2D eigenvalue weighted by atomic mass is 10.0. The summed E-state index contributed by atoms with van der Waals surface area (Å²) >= 11 is 9.44. The minimum atomic E-state index is -4.33. The van der Waals surface area contributed by atoms with E-state index in [4.69, 9.17) is 21.1 Å². The van der Waals surface area contributed by atoms with Crippen LogP contribution in [0.4, 0.5) is 18.9 Å². The van der Waals surface area contributed by atoms with E-state index in [1.165, 1.54) is 33.0 Å². The molecule has 0 spiro atoms. The molecule has 1 atom stereocenters. The van der Waals surface area contributed by atoms with Crippen molar-refractivity contribution in [3.8, 4) is 22.7 Å². The summed E-state index contributed by atoms with van der Waals surface area (Å²) in [4.78, 5) is 20.8. The van der Waals surface area contributed by atoms with Gasteiger partial charge in [-0.2, -0.15) is 13.2 Å². The molecule has 184 valence electrons. The van der Waals surface area contributed by atoms with Crippen molar-refractivity contribution in [1.82, 2.24) is 9.88 Å². The van der Waals surface area contributed by atoms with E-state index in [1.807, 2.05) is 21.2 Å². The van der Waals surface area contributed by atoms with Crippen LogP contribution in [-0.2, 0) is 0 Å². The third-order valence-electron chi connectivity index (χ3n) is 5.07. The molecule has 6 nitrogen and oxygen atoms in total. The van der Waals surface area contributed by atoms with Crippen LogP contribution in [0.25, 0.3) is 0 Å². The first kappa shape index (κ1) is 27.2. The summed E-state index contributed by atoms with van der Waals surface area (Å²) in [7, 11) is 4.22. The molecule has 34 heavy (non-hydrogen) atoms. The molecule has 1 unspecified atom stereocenters. The third kappa shape index (κ3) is 7.07. The number of piperidine rings is 1. The molecule has 0 saturated carbocycles. The molecule has 1 saturated heterocycles. The van der Waals surface area contributed by atoms with Gasteiger partial charge in [-0.15, -0.1) is 0 Å². The van der Waals surface area contributed by atoms with Crippen molar-refractivity contribution in [2.24, 2.45) is 0 Å². The number of aromatic nitrogens is 1. The highest BCUT2D eigenvalue weighted by Crippen LogP contribution is 2.35. The van der Waals surface area contributed by atoms with E-state index >= 15 is 0 Å². The van der Waals surface area contributed by atoms with E-state index in [0.29, 0.717) is 41.6 Å². The number of methoxy groups -OCH3 is 2. The van der Waals surface area contributed by atoms with Gasteiger partial charge < -0.3 is 14.4 Å². The number of nitrogens with zero attached hydrogens (tertiary/aromatic N) is 3. The highest BCUT2D eigenvalue weighted by Gasteiger charge is 2.37. The van der Waals surface area contributed by atoms with Gasteiger partial charge in [-0.1, -0.05) is 22.9 Å². The summed E-state index contributed by atoms with van der Waals surface area (Å²) in [5, 5.41) is 3.18. The summed E-state index contributed by atoms with van der Waals surface area (Å²) in [6.07, 6.45) is -3.32. The SMILES string of the molecule is COc1cc(OC)cc(N(C(=O)c2nc(C#CSI)sc2Cl)C2CCCN(CC(F)(F)F)C2)c1. The molecule has 0 N–H and O–H groups in total. The second-order valence-corrected chi connectivity index (χ2v) is 10.6. The fraction of sp³-hybridized carbons (Fsp3) is 0.429. The number of hydrogen-bond donors (Lipinski definition) is 0. The normalized spacial score (nSPS) is 16.5. The lowest BCUT2D eigenvalue weighted by molar-refractivity contribution is -0.148. The number of carbonyl (C=O) groups excluding carboxylic acids is 1. The topological polar surface area (TPSA) is 54.9 Å². The highest BCUT2D eigenvalue weighted by atomic mass is 127. The molecule has 1 aromatic carbocycles. The standard InChI is InChI=1S/C21H20ClF3IN3O3S2/c1-31-15-8-14(9-16(10-15)32-2)29(13-4-3-6-28(11-13)12-21(23,24)25)20(30)18-19(22)34-17(27-18)5-7-33-26/h8-10,13H,3-4,6,11-12H2,1-2H3. The van der Waals surface area contributed by atoms with Crippen LogP contribution in [0.5, 0.6) is 11.5 Å². The van der Waals surface area contributed by atoms with Crippen molar-refractivity contribution in [1.29, 1.82) is 0 Å². The van der Waals surface area contributed by atoms with E-state index in [1.54, 1.807) is 18.2 Å². The van der Waals surface area contributed by atoms with Gasteiger partial charge >= 0.3 is 6.18 Å². The fourth-order valence-electron chi connectivity index (χ4n) is 3.73. The zero-order chi connectivity index (χ0) is 24.9. The molecule has 1 aliphatic heterocycles. The Labute approximate surface area is 220 Å². The molecule has 1 fully saturated rings. The van der Waals surface area contributed by atoms with Crippen LogP contribution in [0.2, 0.25) is 4.34 Å². The lowest BCUT2D eigenvalue weighted by Crippen LogP contribution is -2.52. The molecule has 2 heterocycles. The predicted molar refractivity (Wildman–Crippen MR) is 137 cm³/mol. The van der Waals surface area contributed by atoms with Crippen LogP contribution in [0.15, 0.2) is 18.2 Å². The fourth-order valence-corrected chi connectivity index (χ4v) is 5.24. The van der Waals surface area contributed by atoms with E-state index in [2.05, 4.69) is 16.2 Å².